The van der Waals surface area contributed by atoms with Gasteiger partial charge in [0.1, 0.15) is 0 Å². The zero-order chi connectivity index (χ0) is 7.40. The SMILES string of the molecule is O=C(O)C=CC1CCNC1. The van der Waals surface area contributed by atoms with Crippen molar-refractivity contribution >= 4 is 5.97 Å². The Hall–Kier alpha value is -0.830. The van der Waals surface area contributed by atoms with E-state index in [-0.39, 0.29) is 0 Å². The summed E-state index contributed by atoms with van der Waals surface area (Å²) >= 11 is 0. The van der Waals surface area contributed by atoms with Crippen molar-refractivity contribution in [3.63, 3.8) is 0 Å². The molecule has 0 bridgehead atoms. The van der Waals surface area contributed by atoms with E-state index in [4.69, 9.17) is 5.11 Å². The van der Waals surface area contributed by atoms with E-state index in [1.54, 1.807) is 6.08 Å². The molecule has 0 aliphatic carbocycles. The first-order valence-electron chi connectivity index (χ1n) is 3.41. The number of nitrogens with one attached hydrogen (secondary N) is 1. The van der Waals surface area contributed by atoms with E-state index in [0.717, 1.165) is 19.5 Å². The van der Waals surface area contributed by atoms with Gasteiger partial charge in [-0.15, -0.1) is 0 Å². The fraction of sp³-hybridized carbons (Fsp3) is 0.571. The van der Waals surface area contributed by atoms with Crippen LogP contribution in [-0.2, 0) is 4.79 Å². The van der Waals surface area contributed by atoms with E-state index >= 15 is 0 Å². The van der Waals surface area contributed by atoms with E-state index in [0.29, 0.717) is 5.92 Å². The van der Waals surface area contributed by atoms with Crippen LogP contribution >= 0.6 is 0 Å². The molecule has 0 spiro atoms. The van der Waals surface area contributed by atoms with E-state index in [1.165, 1.54) is 6.08 Å². The normalized spacial score (nSPS) is 25.8. The Morgan fingerprint density at radius 1 is 1.70 bits per heavy atom. The quantitative estimate of drug-likeness (QED) is 0.541. The van der Waals surface area contributed by atoms with Crippen LogP contribution in [-0.4, -0.2) is 24.2 Å². The van der Waals surface area contributed by atoms with Crippen molar-refractivity contribution in [1.29, 1.82) is 0 Å². The number of aliphatic carboxylic acids is 1. The Labute approximate surface area is 59.7 Å². The number of hydrogen-bond acceptors (Lipinski definition) is 2. The number of rotatable bonds is 2. The zero-order valence-electron chi connectivity index (χ0n) is 5.71. The van der Waals surface area contributed by atoms with Crippen LogP contribution in [0.3, 0.4) is 0 Å². The van der Waals surface area contributed by atoms with Crippen LogP contribution < -0.4 is 5.32 Å². The molecule has 56 valence electrons. The molecular formula is C7H11NO2. The highest BCUT2D eigenvalue weighted by atomic mass is 16.4. The molecule has 1 fully saturated rings. The second kappa shape index (κ2) is 3.37. The molecule has 0 saturated carbocycles. The highest BCUT2D eigenvalue weighted by Crippen LogP contribution is 2.07. The standard InChI is InChI=1S/C7H11NO2/c9-7(10)2-1-6-3-4-8-5-6/h1-2,6,8H,3-5H2,(H,9,10). The van der Waals surface area contributed by atoms with E-state index in [9.17, 15) is 4.79 Å². The van der Waals surface area contributed by atoms with Crippen molar-refractivity contribution in [2.75, 3.05) is 13.1 Å². The Morgan fingerprint density at radius 3 is 3.00 bits per heavy atom. The summed E-state index contributed by atoms with van der Waals surface area (Å²) in [6.07, 6.45) is 4.03. The van der Waals surface area contributed by atoms with Crippen molar-refractivity contribution in [3.8, 4) is 0 Å². The summed E-state index contributed by atoms with van der Waals surface area (Å²) < 4.78 is 0. The molecule has 1 aliphatic rings. The highest BCUT2D eigenvalue weighted by Gasteiger charge is 2.10. The molecule has 10 heavy (non-hydrogen) atoms. The molecule has 0 aromatic carbocycles. The predicted molar refractivity (Wildman–Crippen MR) is 37.8 cm³/mol. The van der Waals surface area contributed by atoms with E-state index < -0.39 is 5.97 Å². The molecule has 3 heteroatoms. The highest BCUT2D eigenvalue weighted by molar-refractivity contribution is 5.79. The summed E-state index contributed by atoms with van der Waals surface area (Å²) in [4.78, 5) is 10.0. The Kier molecular flexibility index (Phi) is 2.45. The Balaban J connectivity index is 2.29. The molecule has 1 aliphatic heterocycles. The van der Waals surface area contributed by atoms with Gasteiger partial charge < -0.3 is 10.4 Å². The van der Waals surface area contributed by atoms with Gasteiger partial charge in [-0.05, 0) is 18.9 Å². The number of carboxylic acid groups (broad SMARTS) is 1. The van der Waals surface area contributed by atoms with Crippen LogP contribution in [0.1, 0.15) is 6.42 Å². The van der Waals surface area contributed by atoms with E-state index in [1.807, 2.05) is 0 Å². The van der Waals surface area contributed by atoms with Crippen LogP contribution in [0.4, 0.5) is 0 Å². The van der Waals surface area contributed by atoms with Crippen LogP contribution in [0.15, 0.2) is 12.2 Å². The minimum atomic E-state index is -0.855. The van der Waals surface area contributed by atoms with Gasteiger partial charge >= 0.3 is 5.97 Å². The average Bonchev–Trinajstić information content (AvgIpc) is 2.34. The Bertz CT molecular complexity index is 148. The first-order chi connectivity index (χ1) is 4.79. The summed E-state index contributed by atoms with van der Waals surface area (Å²) in [5, 5.41) is 11.4. The lowest BCUT2D eigenvalue weighted by molar-refractivity contribution is -0.131. The van der Waals surface area contributed by atoms with Gasteiger partial charge in [-0.2, -0.15) is 0 Å². The molecule has 1 rings (SSSR count). The first-order valence-corrected chi connectivity index (χ1v) is 3.41. The topological polar surface area (TPSA) is 49.3 Å². The molecule has 0 amide bonds. The van der Waals surface area contributed by atoms with Crippen molar-refractivity contribution in [2.24, 2.45) is 5.92 Å². The van der Waals surface area contributed by atoms with Crippen LogP contribution in [0.5, 0.6) is 0 Å². The summed E-state index contributed by atoms with van der Waals surface area (Å²) in [5.74, 6) is -0.428. The molecule has 2 N–H and O–H groups in total. The maximum Gasteiger partial charge on any atom is 0.327 e. The lowest BCUT2D eigenvalue weighted by Gasteiger charge is -1.96. The maximum atomic E-state index is 10.0. The second-order valence-electron chi connectivity index (χ2n) is 2.45. The molecule has 3 nitrogen and oxygen atoms in total. The van der Waals surface area contributed by atoms with Crippen molar-refractivity contribution in [2.45, 2.75) is 6.42 Å². The summed E-state index contributed by atoms with van der Waals surface area (Å²) in [6.45, 7) is 1.93. The largest absolute Gasteiger partial charge is 0.478 e. The summed E-state index contributed by atoms with van der Waals surface area (Å²) in [5.41, 5.74) is 0. The fourth-order valence-electron chi connectivity index (χ4n) is 1.06. The van der Waals surface area contributed by atoms with Gasteiger partial charge in [0, 0.05) is 12.6 Å². The lowest BCUT2D eigenvalue weighted by atomic mass is 10.1. The smallest absolute Gasteiger partial charge is 0.327 e. The third kappa shape index (κ3) is 2.19. The van der Waals surface area contributed by atoms with Crippen LogP contribution in [0.25, 0.3) is 0 Å². The molecule has 1 heterocycles. The van der Waals surface area contributed by atoms with Gasteiger partial charge in [0.05, 0.1) is 0 Å². The molecule has 0 aromatic rings. The fourth-order valence-corrected chi connectivity index (χ4v) is 1.06. The minimum absolute atomic E-state index is 0.427. The minimum Gasteiger partial charge on any atom is -0.478 e. The van der Waals surface area contributed by atoms with Crippen LogP contribution in [0.2, 0.25) is 0 Å². The average molecular weight is 141 g/mol. The predicted octanol–water partition coefficient (Wildman–Crippen LogP) is 0.237. The van der Waals surface area contributed by atoms with Crippen LogP contribution in [0, 0.1) is 5.92 Å². The van der Waals surface area contributed by atoms with Gasteiger partial charge in [0.25, 0.3) is 0 Å². The molecule has 1 unspecified atom stereocenters. The van der Waals surface area contributed by atoms with E-state index in [2.05, 4.69) is 5.32 Å². The molecular weight excluding hydrogens is 130 g/mol. The monoisotopic (exact) mass is 141 g/mol. The third-order valence-corrected chi connectivity index (χ3v) is 1.61. The summed E-state index contributed by atoms with van der Waals surface area (Å²) in [7, 11) is 0. The van der Waals surface area contributed by atoms with Crippen molar-refractivity contribution < 1.29 is 9.90 Å². The second-order valence-corrected chi connectivity index (χ2v) is 2.45. The van der Waals surface area contributed by atoms with Crippen molar-refractivity contribution in [1.82, 2.24) is 5.32 Å². The van der Waals surface area contributed by atoms with Gasteiger partial charge in [-0.3, -0.25) is 0 Å². The van der Waals surface area contributed by atoms with Gasteiger partial charge in [0.15, 0.2) is 0 Å². The van der Waals surface area contributed by atoms with Gasteiger partial charge in [0.2, 0.25) is 0 Å². The first kappa shape index (κ1) is 7.28. The third-order valence-electron chi connectivity index (χ3n) is 1.61. The number of hydrogen-bond donors (Lipinski definition) is 2. The molecule has 1 saturated heterocycles. The van der Waals surface area contributed by atoms with Gasteiger partial charge in [-0.1, -0.05) is 6.08 Å². The number of carbonyl (C=O) groups is 1. The molecule has 0 aromatic heterocycles. The Morgan fingerprint density at radius 2 is 2.50 bits per heavy atom. The van der Waals surface area contributed by atoms with Gasteiger partial charge in [-0.25, -0.2) is 4.79 Å². The summed E-state index contributed by atoms with van der Waals surface area (Å²) in [6, 6.07) is 0. The number of carboxylic acids is 1. The lowest BCUT2D eigenvalue weighted by Crippen LogP contribution is -2.07. The maximum absolute atomic E-state index is 10.0. The van der Waals surface area contributed by atoms with Crippen molar-refractivity contribution in [3.05, 3.63) is 12.2 Å². The zero-order valence-corrected chi connectivity index (χ0v) is 5.71. The molecule has 0 radical (unpaired) electrons. The molecule has 1 atom stereocenters.